The maximum atomic E-state index is 11.2. The van der Waals surface area contributed by atoms with E-state index >= 15 is 0 Å². The number of amidine groups is 1. The third kappa shape index (κ3) is 16.7. The second kappa shape index (κ2) is 17.9. The van der Waals surface area contributed by atoms with Gasteiger partial charge in [-0.2, -0.15) is 0 Å². The summed E-state index contributed by atoms with van der Waals surface area (Å²) in [6.07, 6.45) is 17.2. The molecule has 1 atom stereocenters. The molecule has 1 aliphatic rings. The topological polar surface area (TPSA) is 87.0 Å². The summed E-state index contributed by atoms with van der Waals surface area (Å²) in [5.74, 6) is -0.319. The number of aliphatic carboxylic acids is 2. The standard InChI is InChI=1S/C21H40N2O2.C5H11NO2/c1-3-5-6-7-8-9-10-11-12-13-14-15-16-20-22-17-18-23(20,4-2)19-21(24)25;1-6(2,3)4-5(7)8/h3-19H2,1-2H3;4H2,1-3H3/p+2. The third-order valence-corrected chi connectivity index (χ3v) is 6.28. The first-order chi connectivity index (χ1) is 15.6. The number of likely N-dealkylation sites (N-methyl/N-ethyl adjacent to an activating group) is 2. The molecular weight excluding hydrogens is 418 g/mol. The second-order valence-electron chi connectivity index (χ2n) is 10.5. The first-order valence-electron chi connectivity index (χ1n) is 13.2. The number of hydrogen-bond donors (Lipinski definition) is 2. The van der Waals surface area contributed by atoms with Crippen LogP contribution in [0.1, 0.15) is 97.3 Å². The molecule has 0 amide bonds. The summed E-state index contributed by atoms with van der Waals surface area (Å²) in [5.41, 5.74) is 0. The molecule has 0 fully saturated rings. The van der Waals surface area contributed by atoms with Gasteiger partial charge in [-0.05, 0) is 13.3 Å². The maximum Gasteiger partial charge on any atom is 0.359 e. The van der Waals surface area contributed by atoms with E-state index in [-0.39, 0.29) is 13.1 Å². The van der Waals surface area contributed by atoms with Crippen molar-refractivity contribution in [1.29, 1.82) is 0 Å². The molecule has 1 rings (SSSR count). The van der Waals surface area contributed by atoms with Crippen LogP contribution in [0.15, 0.2) is 4.99 Å². The van der Waals surface area contributed by atoms with E-state index in [1.54, 1.807) is 0 Å². The van der Waals surface area contributed by atoms with E-state index in [9.17, 15) is 14.7 Å². The number of carboxylic acids is 2. The van der Waals surface area contributed by atoms with Gasteiger partial charge in [0.15, 0.2) is 18.9 Å². The molecule has 0 saturated carbocycles. The van der Waals surface area contributed by atoms with Gasteiger partial charge in [0.25, 0.3) is 0 Å². The smallest absolute Gasteiger partial charge is 0.359 e. The molecule has 2 N–H and O–H groups in total. The molecule has 0 radical (unpaired) electrons. The van der Waals surface area contributed by atoms with Crippen LogP contribution in [0.3, 0.4) is 0 Å². The highest BCUT2D eigenvalue weighted by molar-refractivity contribution is 5.80. The van der Waals surface area contributed by atoms with Gasteiger partial charge in [0.05, 0.1) is 34.2 Å². The van der Waals surface area contributed by atoms with Crippen molar-refractivity contribution in [3.63, 3.8) is 0 Å². The minimum atomic E-state index is -0.752. The first-order valence-corrected chi connectivity index (χ1v) is 13.2. The zero-order chi connectivity index (χ0) is 25.2. The predicted molar refractivity (Wildman–Crippen MR) is 137 cm³/mol. The number of nitrogens with zero attached hydrogens (tertiary/aromatic N) is 3. The number of carbonyl (C=O) groups is 2. The molecular formula is C26H53N3O4+2. The Kier molecular flexibility index (Phi) is 17.1. The lowest BCUT2D eigenvalue weighted by atomic mass is 10.0. The number of carboxylic acid groups (broad SMARTS) is 2. The van der Waals surface area contributed by atoms with E-state index in [4.69, 9.17) is 5.11 Å². The lowest BCUT2D eigenvalue weighted by Crippen LogP contribution is -2.53. The van der Waals surface area contributed by atoms with Gasteiger partial charge in [-0.25, -0.2) is 14.6 Å². The van der Waals surface area contributed by atoms with E-state index < -0.39 is 11.9 Å². The van der Waals surface area contributed by atoms with Gasteiger partial charge < -0.3 is 14.7 Å². The van der Waals surface area contributed by atoms with Crippen LogP contribution in [0.4, 0.5) is 0 Å². The fourth-order valence-electron chi connectivity index (χ4n) is 4.38. The molecule has 0 aliphatic carbocycles. The Morgan fingerprint density at radius 1 is 0.818 bits per heavy atom. The average Bonchev–Trinajstić information content (AvgIpc) is 3.09. The number of rotatable bonds is 18. The molecule has 0 aromatic rings. The Morgan fingerprint density at radius 3 is 1.67 bits per heavy atom. The van der Waals surface area contributed by atoms with Gasteiger partial charge in [-0.15, -0.1) is 0 Å². The predicted octanol–water partition coefficient (Wildman–Crippen LogP) is 5.19. The van der Waals surface area contributed by atoms with Gasteiger partial charge in [-0.3, -0.25) is 4.48 Å². The number of hydrogen-bond acceptors (Lipinski definition) is 3. The molecule has 0 spiro atoms. The van der Waals surface area contributed by atoms with Crippen LogP contribution in [0.25, 0.3) is 0 Å². The summed E-state index contributed by atoms with van der Waals surface area (Å²) < 4.78 is 1.07. The van der Waals surface area contributed by atoms with Crippen molar-refractivity contribution in [2.75, 3.05) is 53.9 Å². The Labute approximate surface area is 203 Å². The summed E-state index contributed by atoms with van der Waals surface area (Å²) in [4.78, 5) is 25.8. The van der Waals surface area contributed by atoms with Crippen LogP contribution in [0, 0.1) is 0 Å². The van der Waals surface area contributed by atoms with Gasteiger partial charge in [-0.1, -0.05) is 77.6 Å². The third-order valence-electron chi connectivity index (χ3n) is 6.28. The van der Waals surface area contributed by atoms with Gasteiger partial charge >= 0.3 is 11.9 Å². The van der Waals surface area contributed by atoms with Crippen molar-refractivity contribution in [3.05, 3.63) is 0 Å². The van der Waals surface area contributed by atoms with Crippen molar-refractivity contribution in [3.8, 4) is 0 Å². The first kappa shape index (κ1) is 31.5. The van der Waals surface area contributed by atoms with E-state index in [1.807, 2.05) is 21.1 Å². The second-order valence-corrected chi connectivity index (χ2v) is 10.5. The fourth-order valence-corrected chi connectivity index (χ4v) is 4.38. The molecule has 7 heteroatoms. The Balaban J connectivity index is 0.00000109. The molecule has 33 heavy (non-hydrogen) atoms. The Bertz CT molecular complexity index is 572. The van der Waals surface area contributed by atoms with E-state index in [2.05, 4.69) is 18.8 Å². The zero-order valence-electron chi connectivity index (χ0n) is 22.3. The van der Waals surface area contributed by atoms with Crippen molar-refractivity contribution >= 4 is 17.8 Å². The minimum absolute atomic E-state index is 0.181. The van der Waals surface area contributed by atoms with Gasteiger partial charge in [0.1, 0.15) is 6.54 Å². The maximum absolute atomic E-state index is 11.2. The molecule has 0 aromatic carbocycles. The van der Waals surface area contributed by atoms with Crippen molar-refractivity contribution in [2.45, 2.75) is 97.3 Å². The fraction of sp³-hybridized carbons (Fsp3) is 0.885. The summed E-state index contributed by atoms with van der Waals surface area (Å²) in [6.45, 7) is 7.26. The van der Waals surface area contributed by atoms with E-state index in [0.717, 1.165) is 38.3 Å². The zero-order valence-corrected chi connectivity index (χ0v) is 22.3. The van der Waals surface area contributed by atoms with E-state index in [1.165, 1.54) is 70.6 Å². The van der Waals surface area contributed by atoms with Crippen LogP contribution < -0.4 is 0 Å². The SMILES string of the molecule is CCCCCCCCCCCCCCC1=NCC[N+]1(CC)CC(=O)O.C[N+](C)(C)CC(=O)O. The monoisotopic (exact) mass is 471 g/mol. The van der Waals surface area contributed by atoms with Crippen LogP contribution in [0.5, 0.6) is 0 Å². The molecule has 0 saturated heterocycles. The Morgan fingerprint density at radius 2 is 1.30 bits per heavy atom. The lowest BCUT2D eigenvalue weighted by Gasteiger charge is -2.31. The molecule has 7 nitrogen and oxygen atoms in total. The minimum Gasteiger partial charge on any atom is -0.477 e. The van der Waals surface area contributed by atoms with Crippen molar-refractivity contribution in [2.24, 2.45) is 4.99 Å². The number of unbranched alkanes of at least 4 members (excludes halogenated alkanes) is 11. The van der Waals surface area contributed by atoms with Crippen LogP contribution >= 0.6 is 0 Å². The highest BCUT2D eigenvalue weighted by atomic mass is 16.4. The van der Waals surface area contributed by atoms with Gasteiger partial charge in [0, 0.05) is 6.42 Å². The molecule has 1 unspecified atom stereocenters. The largest absolute Gasteiger partial charge is 0.477 e. The highest BCUT2D eigenvalue weighted by Gasteiger charge is 2.38. The Hall–Kier alpha value is -1.47. The normalized spacial score (nSPS) is 17.9. The van der Waals surface area contributed by atoms with Crippen molar-refractivity contribution < 1.29 is 28.8 Å². The number of aliphatic imine (C=N–C) groups is 1. The molecule has 0 bridgehead atoms. The average molecular weight is 472 g/mol. The quantitative estimate of drug-likeness (QED) is 0.213. The van der Waals surface area contributed by atoms with Gasteiger partial charge in [0.2, 0.25) is 0 Å². The van der Waals surface area contributed by atoms with E-state index in [0.29, 0.717) is 8.97 Å². The molecule has 1 heterocycles. The van der Waals surface area contributed by atoms with Crippen LogP contribution in [-0.2, 0) is 9.59 Å². The summed E-state index contributed by atoms with van der Waals surface area (Å²) >= 11 is 0. The molecule has 194 valence electrons. The highest BCUT2D eigenvalue weighted by Crippen LogP contribution is 2.20. The van der Waals surface area contributed by atoms with Crippen LogP contribution in [0.2, 0.25) is 0 Å². The molecule has 1 aliphatic heterocycles. The summed E-state index contributed by atoms with van der Waals surface area (Å²) in [5, 5.41) is 17.4. The lowest BCUT2D eigenvalue weighted by molar-refractivity contribution is -0.862. The number of quaternary nitrogens is 2. The summed E-state index contributed by atoms with van der Waals surface area (Å²) in [6, 6.07) is 0. The van der Waals surface area contributed by atoms with Crippen LogP contribution in [-0.4, -0.2) is 90.8 Å². The van der Waals surface area contributed by atoms with Crippen molar-refractivity contribution in [1.82, 2.24) is 0 Å². The summed E-state index contributed by atoms with van der Waals surface area (Å²) in [7, 11) is 5.52. The molecule has 0 aromatic heterocycles.